The van der Waals surface area contributed by atoms with Crippen molar-refractivity contribution in [3.05, 3.63) is 24.2 Å². The molecule has 6 nitrogen and oxygen atoms in total. The van der Waals surface area contributed by atoms with E-state index >= 15 is 0 Å². The highest BCUT2D eigenvalue weighted by molar-refractivity contribution is 5.66. The van der Waals surface area contributed by atoms with Crippen LogP contribution in [-0.4, -0.2) is 40.6 Å². The van der Waals surface area contributed by atoms with Gasteiger partial charge in [-0.15, -0.1) is 0 Å². The number of aliphatic hydroxyl groups is 3. The third kappa shape index (κ3) is 3.46. The number of rotatable bonds is 5. The lowest BCUT2D eigenvalue weighted by Crippen LogP contribution is -2.55. The van der Waals surface area contributed by atoms with E-state index in [0.717, 1.165) is 32.1 Å². The molecular weight excluding hydrogens is 396 g/mol. The number of furan rings is 1. The highest BCUT2D eigenvalue weighted by Crippen LogP contribution is 2.67. The predicted molar refractivity (Wildman–Crippen MR) is 115 cm³/mol. The average Bonchev–Trinajstić information content (AvgIpc) is 3.36. The maximum Gasteiger partial charge on any atom is 0.302 e. The zero-order valence-corrected chi connectivity index (χ0v) is 19.0. The Morgan fingerprint density at radius 2 is 1.87 bits per heavy atom. The Labute approximate surface area is 185 Å². The lowest BCUT2D eigenvalue weighted by molar-refractivity contribution is -0.167. The number of aliphatic hydroxyl groups excluding tert-OH is 2. The smallest absolute Gasteiger partial charge is 0.302 e. The van der Waals surface area contributed by atoms with E-state index in [1.165, 1.54) is 6.92 Å². The van der Waals surface area contributed by atoms with Crippen LogP contribution < -0.4 is 0 Å². The van der Waals surface area contributed by atoms with Crippen molar-refractivity contribution in [3.8, 4) is 0 Å². The quantitative estimate of drug-likeness (QED) is 0.612. The van der Waals surface area contributed by atoms with Gasteiger partial charge >= 0.3 is 5.97 Å². The Kier molecular flexibility index (Phi) is 6.03. The largest absolute Gasteiger partial charge is 0.466 e. The minimum absolute atomic E-state index is 0.0272. The van der Waals surface area contributed by atoms with E-state index in [2.05, 4.69) is 13.8 Å². The third-order valence-electron chi connectivity index (χ3n) is 9.61. The topological polar surface area (TPSA) is 100 Å². The first-order chi connectivity index (χ1) is 14.7. The lowest BCUT2D eigenvalue weighted by Gasteiger charge is -2.57. The monoisotopic (exact) mass is 434 g/mol. The van der Waals surface area contributed by atoms with Crippen LogP contribution in [0.25, 0.3) is 0 Å². The molecule has 3 saturated carbocycles. The number of carbonyl (C=O) groups excluding carboxylic acids is 1. The van der Waals surface area contributed by atoms with Gasteiger partial charge in [-0.1, -0.05) is 13.8 Å². The van der Waals surface area contributed by atoms with Crippen LogP contribution in [0.15, 0.2) is 22.8 Å². The van der Waals surface area contributed by atoms with E-state index in [1.807, 2.05) is 12.1 Å². The van der Waals surface area contributed by atoms with Crippen LogP contribution in [0.2, 0.25) is 0 Å². The van der Waals surface area contributed by atoms with Crippen LogP contribution >= 0.6 is 0 Å². The van der Waals surface area contributed by atoms with Gasteiger partial charge in [-0.3, -0.25) is 4.79 Å². The molecule has 3 N–H and O–H groups in total. The molecule has 0 radical (unpaired) electrons. The van der Waals surface area contributed by atoms with Gasteiger partial charge in [0.15, 0.2) is 0 Å². The molecule has 0 amide bonds. The minimum atomic E-state index is -1.01. The van der Waals surface area contributed by atoms with Gasteiger partial charge in [0.25, 0.3) is 0 Å². The van der Waals surface area contributed by atoms with Gasteiger partial charge in [-0.25, -0.2) is 0 Å². The number of hydrogen-bond donors (Lipinski definition) is 3. The molecule has 0 aromatic carbocycles. The second-order valence-corrected chi connectivity index (χ2v) is 10.8. The maximum atomic E-state index is 11.7. The Morgan fingerprint density at radius 3 is 2.48 bits per heavy atom. The first-order valence-electron chi connectivity index (χ1n) is 11.8. The van der Waals surface area contributed by atoms with Crippen molar-refractivity contribution in [2.75, 3.05) is 13.2 Å². The molecule has 4 rings (SSSR count). The molecule has 1 heterocycles. The van der Waals surface area contributed by atoms with E-state index in [-0.39, 0.29) is 59.8 Å². The molecule has 8 atom stereocenters. The molecule has 0 spiro atoms. The summed E-state index contributed by atoms with van der Waals surface area (Å²) in [5.41, 5.74) is -1.50. The van der Waals surface area contributed by atoms with Crippen LogP contribution in [0.5, 0.6) is 0 Å². The van der Waals surface area contributed by atoms with Crippen molar-refractivity contribution in [2.45, 2.75) is 77.4 Å². The van der Waals surface area contributed by atoms with Gasteiger partial charge in [0, 0.05) is 25.6 Å². The summed E-state index contributed by atoms with van der Waals surface area (Å²) in [5.74, 6) is 0.897. The van der Waals surface area contributed by atoms with Crippen LogP contribution in [0.3, 0.4) is 0 Å². The molecule has 1 aromatic rings. The van der Waals surface area contributed by atoms with Crippen molar-refractivity contribution in [3.63, 3.8) is 0 Å². The molecule has 6 heteroatoms. The SMILES string of the molecule is CC(=O)OC1CCC(C)(C2CCC3(C)C(CCC3(O)c3ccco3)C2CO)C(CO)C1. The lowest BCUT2D eigenvalue weighted by atomic mass is 9.48. The summed E-state index contributed by atoms with van der Waals surface area (Å²) in [5, 5.41) is 32.6. The van der Waals surface area contributed by atoms with Crippen LogP contribution in [0, 0.1) is 34.5 Å². The van der Waals surface area contributed by atoms with Crippen LogP contribution in [0.4, 0.5) is 0 Å². The van der Waals surface area contributed by atoms with E-state index in [9.17, 15) is 20.1 Å². The van der Waals surface area contributed by atoms with E-state index < -0.39 is 5.60 Å². The molecule has 0 aliphatic heterocycles. The summed E-state index contributed by atoms with van der Waals surface area (Å²) in [6.07, 6.45) is 7.05. The van der Waals surface area contributed by atoms with E-state index in [1.54, 1.807) is 6.26 Å². The number of ether oxygens (including phenoxy) is 1. The predicted octanol–water partition coefficient (Wildman–Crippen LogP) is 3.63. The van der Waals surface area contributed by atoms with Gasteiger partial charge in [-0.05, 0) is 86.2 Å². The zero-order chi connectivity index (χ0) is 22.4. The first kappa shape index (κ1) is 22.8. The molecule has 8 unspecified atom stereocenters. The van der Waals surface area contributed by atoms with Gasteiger partial charge < -0.3 is 24.5 Å². The fourth-order valence-corrected chi connectivity index (χ4v) is 7.79. The Hall–Kier alpha value is -1.37. The molecule has 31 heavy (non-hydrogen) atoms. The molecule has 3 aliphatic carbocycles. The molecular formula is C25H38O6. The number of fused-ring (bicyclic) bond motifs is 1. The summed E-state index contributed by atoms with van der Waals surface area (Å²) in [7, 11) is 0. The Balaban J connectivity index is 1.60. The first-order valence-corrected chi connectivity index (χ1v) is 11.8. The maximum absolute atomic E-state index is 11.7. The minimum Gasteiger partial charge on any atom is -0.466 e. The zero-order valence-electron chi connectivity index (χ0n) is 19.0. The molecule has 0 saturated heterocycles. The Morgan fingerprint density at radius 1 is 1.13 bits per heavy atom. The summed E-state index contributed by atoms with van der Waals surface area (Å²) < 4.78 is 11.1. The number of esters is 1. The second kappa shape index (κ2) is 8.20. The standard InChI is InChI=1S/C25H38O6/c1-16(28)31-18-6-9-23(2,17(13-18)14-26)20-7-10-24(3)21(19(20)15-27)8-11-25(24,29)22-5-4-12-30-22/h4-5,12,17-21,26-27,29H,6-11,13-15H2,1-3H3. The summed E-state index contributed by atoms with van der Waals surface area (Å²) in [6.45, 7) is 5.99. The van der Waals surface area contributed by atoms with Crippen LogP contribution in [-0.2, 0) is 15.1 Å². The van der Waals surface area contributed by atoms with Crippen molar-refractivity contribution in [1.29, 1.82) is 0 Å². The molecule has 3 fully saturated rings. The molecule has 1 aromatic heterocycles. The summed E-state index contributed by atoms with van der Waals surface area (Å²) in [4.78, 5) is 11.4. The second-order valence-electron chi connectivity index (χ2n) is 10.8. The van der Waals surface area contributed by atoms with Gasteiger partial charge in [0.2, 0.25) is 0 Å². The third-order valence-corrected chi connectivity index (χ3v) is 9.61. The van der Waals surface area contributed by atoms with Crippen molar-refractivity contribution >= 4 is 5.97 Å². The van der Waals surface area contributed by atoms with E-state index in [4.69, 9.17) is 9.15 Å². The van der Waals surface area contributed by atoms with Crippen LogP contribution in [0.1, 0.15) is 71.5 Å². The summed E-state index contributed by atoms with van der Waals surface area (Å²) >= 11 is 0. The van der Waals surface area contributed by atoms with Crippen molar-refractivity contribution < 1.29 is 29.3 Å². The molecule has 0 bridgehead atoms. The van der Waals surface area contributed by atoms with Gasteiger partial charge in [-0.2, -0.15) is 0 Å². The van der Waals surface area contributed by atoms with Crippen molar-refractivity contribution in [2.24, 2.45) is 34.5 Å². The molecule has 3 aliphatic rings. The van der Waals surface area contributed by atoms with Gasteiger partial charge in [0.05, 0.1) is 6.26 Å². The Bertz CT molecular complexity index is 777. The highest BCUT2D eigenvalue weighted by Gasteiger charge is 2.65. The number of hydrogen-bond acceptors (Lipinski definition) is 6. The molecule has 174 valence electrons. The normalized spacial score (nSPS) is 45.3. The fourth-order valence-electron chi connectivity index (χ4n) is 7.79. The highest BCUT2D eigenvalue weighted by atomic mass is 16.5. The van der Waals surface area contributed by atoms with Crippen molar-refractivity contribution in [1.82, 2.24) is 0 Å². The summed E-state index contributed by atoms with van der Waals surface area (Å²) in [6, 6.07) is 3.70. The fraction of sp³-hybridized carbons (Fsp3) is 0.800. The average molecular weight is 435 g/mol. The number of carbonyl (C=O) groups is 1. The van der Waals surface area contributed by atoms with Gasteiger partial charge in [0.1, 0.15) is 17.5 Å². The van der Waals surface area contributed by atoms with E-state index in [0.29, 0.717) is 18.6 Å².